The molecule has 1 fully saturated rings. The number of rotatable bonds is 7. The number of fused-ring (bicyclic) bond motifs is 1. The minimum atomic E-state index is -0.396. The second kappa shape index (κ2) is 10.8. The summed E-state index contributed by atoms with van der Waals surface area (Å²) in [5.41, 5.74) is 7.45. The zero-order valence-electron chi connectivity index (χ0n) is 24.9. The largest absolute Gasteiger partial charge is 0.494 e. The molecule has 42 heavy (non-hydrogen) atoms. The molecule has 0 unspecified atom stereocenters. The lowest BCUT2D eigenvalue weighted by Gasteiger charge is -2.32. The Bertz CT molecular complexity index is 1730. The lowest BCUT2D eigenvalue weighted by atomic mass is 9.79. The predicted octanol–water partition coefficient (Wildman–Crippen LogP) is 9.54. The third kappa shape index (κ3) is 4.89. The highest BCUT2D eigenvalue weighted by Crippen LogP contribution is 2.39. The summed E-state index contributed by atoms with van der Waals surface area (Å²) < 4.78 is 18.9. The van der Waals surface area contributed by atoms with Crippen molar-refractivity contribution in [2.45, 2.75) is 45.8 Å². The second-order valence-electron chi connectivity index (χ2n) is 11.7. The van der Waals surface area contributed by atoms with Crippen molar-refractivity contribution in [1.82, 2.24) is 0 Å². The summed E-state index contributed by atoms with van der Waals surface area (Å²) >= 11 is 0. The Hall–Kier alpha value is -4.32. The highest BCUT2D eigenvalue weighted by molar-refractivity contribution is 6.62. The van der Waals surface area contributed by atoms with E-state index in [1.165, 1.54) is 0 Å². The number of hydrogen-bond donors (Lipinski definition) is 0. The quantitative estimate of drug-likeness (QED) is 0.188. The molecule has 5 heteroatoms. The van der Waals surface area contributed by atoms with Gasteiger partial charge in [-0.05, 0) is 88.1 Å². The van der Waals surface area contributed by atoms with E-state index in [9.17, 15) is 0 Å². The molecule has 5 aromatic rings. The minimum absolute atomic E-state index is 0.379. The second-order valence-corrected chi connectivity index (χ2v) is 11.7. The SMILES string of the molecule is C=Cc1c(/C=C\C)oc2c(-c3ccc(N(c4ccccc4)c4ccc(B5OC(C)(C)C(C)(C)O5)cc4)cc3)cccc12. The van der Waals surface area contributed by atoms with E-state index in [0.717, 1.165) is 55.9 Å². The van der Waals surface area contributed by atoms with Gasteiger partial charge in [-0.3, -0.25) is 0 Å². The van der Waals surface area contributed by atoms with Gasteiger partial charge in [-0.1, -0.05) is 79.4 Å². The summed E-state index contributed by atoms with van der Waals surface area (Å²) in [6, 6.07) is 33.8. The molecule has 2 heterocycles. The summed E-state index contributed by atoms with van der Waals surface area (Å²) in [6.45, 7) is 14.3. The van der Waals surface area contributed by atoms with Gasteiger partial charge in [0.1, 0.15) is 11.3 Å². The number of anilines is 3. The molecule has 0 N–H and O–H groups in total. The standard InChI is InChI=1S/C37H36BNO3/c1-7-13-34-31(8-2)33-17-12-16-32(35(33)40-34)26-18-22-29(23-19-26)39(28-14-10-9-11-15-28)30-24-20-27(21-25-30)38-41-36(3,4)37(5,6)42-38/h7-25H,2H2,1,3-6H3/b13-7-. The number of allylic oxidation sites excluding steroid dienone is 1. The Morgan fingerprint density at radius 3 is 1.90 bits per heavy atom. The van der Waals surface area contributed by atoms with Crippen LogP contribution in [-0.4, -0.2) is 18.3 Å². The van der Waals surface area contributed by atoms with Gasteiger partial charge < -0.3 is 18.6 Å². The van der Waals surface area contributed by atoms with Crippen LogP contribution >= 0.6 is 0 Å². The third-order valence-corrected chi connectivity index (χ3v) is 8.43. The van der Waals surface area contributed by atoms with E-state index < -0.39 is 7.12 Å². The van der Waals surface area contributed by atoms with Gasteiger partial charge in [0.25, 0.3) is 0 Å². The summed E-state index contributed by atoms with van der Waals surface area (Å²) in [5.74, 6) is 0.825. The van der Waals surface area contributed by atoms with Gasteiger partial charge in [0.05, 0.1) is 11.2 Å². The molecule has 1 saturated heterocycles. The molecule has 0 bridgehead atoms. The van der Waals surface area contributed by atoms with E-state index >= 15 is 0 Å². The van der Waals surface area contributed by atoms with E-state index in [1.54, 1.807) is 0 Å². The Morgan fingerprint density at radius 2 is 1.31 bits per heavy atom. The molecule has 0 amide bonds. The van der Waals surface area contributed by atoms with Crippen molar-refractivity contribution in [3.8, 4) is 11.1 Å². The van der Waals surface area contributed by atoms with E-state index in [-0.39, 0.29) is 11.2 Å². The third-order valence-electron chi connectivity index (χ3n) is 8.43. The maximum Gasteiger partial charge on any atom is 0.494 e. The van der Waals surface area contributed by atoms with Crippen LogP contribution in [0.4, 0.5) is 17.1 Å². The van der Waals surface area contributed by atoms with E-state index in [1.807, 2.05) is 31.2 Å². The van der Waals surface area contributed by atoms with E-state index in [2.05, 4.69) is 130 Å². The van der Waals surface area contributed by atoms with Crippen LogP contribution < -0.4 is 10.4 Å². The summed E-state index contributed by atoms with van der Waals surface area (Å²) in [6.07, 6.45) is 5.84. The highest BCUT2D eigenvalue weighted by atomic mass is 16.7. The summed E-state index contributed by atoms with van der Waals surface area (Å²) in [7, 11) is -0.396. The molecule has 4 nitrogen and oxygen atoms in total. The molecule has 1 aromatic heterocycles. The summed E-state index contributed by atoms with van der Waals surface area (Å²) in [4.78, 5) is 2.26. The minimum Gasteiger partial charge on any atom is -0.455 e. The van der Waals surface area contributed by atoms with Crippen LogP contribution in [0.3, 0.4) is 0 Å². The maximum atomic E-state index is 6.32. The fraction of sp³-hybridized carbons (Fsp3) is 0.189. The van der Waals surface area contributed by atoms with E-state index in [0.29, 0.717) is 0 Å². The lowest BCUT2D eigenvalue weighted by molar-refractivity contribution is 0.00578. The van der Waals surface area contributed by atoms with Gasteiger partial charge in [-0.15, -0.1) is 0 Å². The van der Waals surface area contributed by atoms with Crippen molar-refractivity contribution in [1.29, 1.82) is 0 Å². The predicted molar refractivity (Wildman–Crippen MR) is 177 cm³/mol. The van der Waals surface area contributed by atoms with Crippen molar-refractivity contribution < 1.29 is 13.7 Å². The Kier molecular flexibility index (Phi) is 7.18. The number of hydrogen-bond acceptors (Lipinski definition) is 4. The van der Waals surface area contributed by atoms with Gasteiger partial charge in [-0.25, -0.2) is 0 Å². The smallest absolute Gasteiger partial charge is 0.455 e. The first-order valence-electron chi connectivity index (χ1n) is 14.4. The van der Waals surface area contributed by atoms with Crippen molar-refractivity contribution >= 4 is 52.8 Å². The number of benzene rings is 4. The highest BCUT2D eigenvalue weighted by Gasteiger charge is 2.51. The van der Waals surface area contributed by atoms with Crippen LogP contribution in [0.25, 0.3) is 34.2 Å². The molecule has 6 rings (SSSR count). The molecule has 210 valence electrons. The molecule has 0 aliphatic carbocycles. The van der Waals surface area contributed by atoms with Gasteiger partial charge in [0.2, 0.25) is 0 Å². The van der Waals surface area contributed by atoms with E-state index in [4.69, 9.17) is 13.7 Å². The average molecular weight is 554 g/mol. The summed E-state index contributed by atoms with van der Waals surface area (Å²) in [5, 5.41) is 1.06. The first kappa shape index (κ1) is 27.8. The average Bonchev–Trinajstić information content (AvgIpc) is 3.46. The van der Waals surface area contributed by atoms with Crippen molar-refractivity contribution in [3.05, 3.63) is 121 Å². The van der Waals surface area contributed by atoms with Crippen LogP contribution in [0.2, 0.25) is 0 Å². The molecule has 1 aliphatic heterocycles. The molecule has 0 saturated carbocycles. The van der Waals surface area contributed by atoms with Crippen LogP contribution in [0, 0.1) is 0 Å². The monoisotopic (exact) mass is 553 g/mol. The van der Waals surface area contributed by atoms with Crippen LogP contribution in [0.1, 0.15) is 45.9 Å². The Balaban J connectivity index is 1.36. The van der Waals surface area contributed by atoms with Crippen molar-refractivity contribution in [2.24, 2.45) is 0 Å². The molecular formula is C37H36BNO3. The first-order chi connectivity index (χ1) is 20.2. The lowest BCUT2D eigenvalue weighted by Crippen LogP contribution is -2.41. The van der Waals surface area contributed by atoms with Gasteiger partial charge in [0.15, 0.2) is 0 Å². The van der Waals surface area contributed by atoms with Gasteiger partial charge >= 0.3 is 7.12 Å². The molecule has 1 aliphatic rings. The molecule has 0 radical (unpaired) electrons. The molecular weight excluding hydrogens is 517 g/mol. The number of nitrogens with zero attached hydrogens (tertiary/aromatic N) is 1. The van der Waals surface area contributed by atoms with Crippen LogP contribution in [-0.2, 0) is 9.31 Å². The number of furan rings is 1. The maximum absolute atomic E-state index is 6.32. The zero-order chi connectivity index (χ0) is 29.5. The fourth-order valence-corrected chi connectivity index (χ4v) is 5.44. The Labute approximate surface area is 249 Å². The first-order valence-corrected chi connectivity index (χ1v) is 14.4. The van der Waals surface area contributed by atoms with Crippen molar-refractivity contribution in [3.63, 3.8) is 0 Å². The molecule has 4 aromatic carbocycles. The van der Waals surface area contributed by atoms with Crippen LogP contribution in [0.5, 0.6) is 0 Å². The van der Waals surface area contributed by atoms with Crippen molar-refractivity contribution in [2.75, 3.05) is 4.90 Å². The normalized spacial score (nSPS) is 15.9. The van der Waals surface area contributed by atoms with Crippen LogP contribution in [0.15, 0.2) is 114 Å². The molecule has 0 atom stereocenters. The number of para-hydroxylation sites is 2. The molecule has 0 spiro atoms. The van der Waals surface area contributed by atoms with Gasteiger partial charge in [0, 0.05) is 33.6 Å². The zero-order valence-corrected chi connectivity index (χ0v) is 24.9. The topological polar surface area (TPSA) is 34.8 Å². The van der Waals surface area contributed by atoms with Gasteiger partial charge in [-0.2, -0.15) is 0 Å². The Morgan fingerprint density at radius 1 is 0.714 bits per heavy atom. The fourth-order valence-electron chi connectivity index (χ4n) is 5.44.